The van der Waals surface area contributed by atoms with Crippen molar-refractivity contribution in [2.45, 2.75) is 38.3 Å². The number of amides is 1. The highest BCUT2D eigenvalue weighted by Crippen LogP contribution is 2.18. The minimum Gasteiger partial charge on any atom is -0.352 e. The van der Waals surface area contributed by atoms with Gasteiger partial charge in [-0.2, -0.15) is 5.10 Å². The Morgan fingerprint density at radius 3 is 3.00 bits per heavy atom. The molecule has 1 amide bonds. The van der Waals surface area contributed by atoms with Crippen molar-refractivity contribution >= 4 is 5.91 Å². The Labute approximate surface area is 102 Å². The standard InChI is InChI=1S/C12H20N4O/c1-9(12(17)15-11-3-4-11)13-6-5-10-7-14-16(2)8-10/h7-9,11,13H,3-6H2,1-2H3,(H,15,17). The van der Waals surface area contributed by atoms with E-state index in [2.05, 4.69) is 15.7 Å². The Hall–Kier alpha value is -1.36. The van der Waals surface area contributed by atoms with Gasteiger partial charge in [0.25, 0.3) is 0 Å². The zero-order valence-electron chi connectivity index (χ0n) is 10.4. The molecule has 94 valence electrons. The van der Waals surface area contributed by atoms with Gasteiger partial charge in [-0.25, -0.2) is 0 Å². The highest BCUT2D eigenvalue weighted by molar-refractivity contribution is 5.81. The fraction of sp³-hybridized carbons (Fsp3) is 0.667. The highest BCUT2D eigenvalue weighted by atomic mass is 16.2. The van der Waals surface area contributed by atoms with Crippen LogP contribution in [0.3, 0.4) is 0 Å². The van der Waals surface area contributed by atoms with Crippen molar-refractivity contribution in [3.63, 3.8) is 0 Å². The molecular weight excluding hydrogens is 216 g/mol. The number of carbonyl (C=O) groups excluding carboxylic acids is 1. The molecule has 0 radical (unpaired) electrons. The Balaban J connectivity index is 1.65. The van der Waals surface area contributed by atoms with Gasteiger partial charge in [0.05, 0.1) is 12.2 Å². The molecule has 0 spiro atoms. The Bertz CT molecular complexity index is 384. The van der Waals surface area contributed by atoms with E-state index in [1.807, 2.05) is 26.4 Å². The van der Waals surface area contributed by atoms with Crippen LogP contribution in [-0.4, -0.2) is 34.3 Å². The van der Waals surface area contributed by atoms with E-state index in [9.17, 15) is 4.79 Å². The number of nitrogens with one attached hydrogen (secondary N) is 2. The van der Waals surface area contributed by atoms with Crippen molar-refractivity contribution < 1.29 is 4.79 Å². The van der Waals surface area contributed by atoms with E-state index in [0.717, 1.165) is 25.8 Å². The first-order chi connectivity index (χ1) is 8.15. The first-order valence-electron chi connectivity index (χ1n) is 6.16. The molecule has 17 heavy (non-hydrogen) atoms. The van der Waals surface area contributed by atoms with Crippen LogP contribution in [0.25, 0.3) is 0 Å². The maximum Gasteiger partial charge on any atom is 0.237 e. The third-order valence-electron chi connectivity index (χ3n) is 2.94. The SMILES string of the molecule is CC(NCCc1cnn(C)c1)C(=O)NC1CC1. The average molecular weight is 236 g/mol. The minimum atomic E-state index is -0.118. The van der Waals surface area contributed by atoms with E-state index < -0.39 is 0 Å². The first kappa shape index (κ1) is 12.1. The second-order valence-electron chi connectivity index (χ2n) is 4.73. The van der Waals surface area contributed by atoms with Crippen LogP contribution in [0.15, 0.2) is 12.4 Å². The van der Waals surface area contributed by atoms with Crippen LogP contribution < -0.4 is 10.6 Å². The quantitative estimate of drug-likeness (QED) is 0.743. The van der Waals surface area contributed by atoms with Crippen molar-refractivity contribution in [1.82, 2.24) is 20.4 Å². The van der Waals surface area contributed by atoms with Crippen molar-refractivity contribution in [2.24, 2.45) is 7.05 Å². The van der Waals surface area contributed by atoms with Gasteiger partial charge in [-0.05, 0) is 31.7 Å². The Morgan fingerprint density at radius 2 is 2.41 bits per heavy atom. The molecular formula is C12H20N4O. The Kier molecular flexibility index (Phi) is 3.78. The lowest BCUT2D eigenvalue weighted by molar-refractivity contribution is -0.122. The zero-order valence-corrected chi connectivity index (χ0v) is 10.4. The van der Waals surface area contributed by atoms with Gasteiger partial charge in [0.15, 0.2) is 0 Å². The fourth-order valence-corrected chi connectivity index (χ4v) is 1.68. The van der Waals surface area contributed by atoms with Gasteiger partial charge < -0.3 is 10.6 Å². The van der Waals surface area contributed by atoms with Gasteiger partial charge in [0.2, 0.25) is 5.91 Å². The molecule has 1 aromatic rings. The van der Waals surface area contributed by atoms with E-state index in [1.165, 1.54) is 5.56 Å². The smallest absolute Gasteiger partial charge is 0.237 e. The number of aryl methyl sites for hydroxylation is 1. The van der Waals surface area contributed by atoms with Gasteiger partial charge in [0.1, 0.15) is 0 Å². The summed E-state index contributed by atoms with van der Waals surface area (Å²) in [6.07, 6.45) is 7.02. The fourth-order valence-electron chi connectivity index (χ4n) is 1.68. The van der Waals surface area contributed by atoms with Gasteiger partial charge in [-0.3, -0.25) is 9.48 Å². The van der Waals surface area contributed by atoms with Crippen LogP contribution in [0.4, 0.5) is 0 Å². The average Bonchev–Trinajstić information content (AvgIpc) is 3.00. The number of hydrogen-bond donors (Lipinski definition) is 2. The molecule has 2 N–H and O–H groups in total. The van der Waals surface area contributed by atoms with Gasteiger partial charge in [0, 0.05) is 25.8 Å². The molecule has 1 aliphatic rings. The van der Waals surface area contributed by atoms with Gasteiger partial charge in [-0.1, -0.05) is 0 Å². The van der Waals surface area contributed by atoms with E-state index in [4.69, 9.17) is 0 Å². The molecule has 1 unspecified atom stereocenters. The largest absolute Gasteiger partial charge is 0.352 e. The van der Waals surface area contributed by atoms with Crippen LogP contribution >= 0.6 is 0 Å². The predicted octanol–water partition coefficient (Wildman–Crippen LogP) is 0.219. The monoisotopic (exact) mass is 236 g/mol. The van der Waals surface area contributed by atoms with E-state index in [1.54, 1.807) is 4.68 Å². The van der Waals surface area contributed by atoms with Crippen molar-refractivity contribution in [1.29, 1.82) is 0 Å². The molecule has 1 aromatic heterocycles. The molecule has 1 aliphatic carbocycles. The second-order valence-corrected chi connectivity index (χ2v) is 4.73. The molecule has 5 heteroatoms. The maximum absolute atomic E-state index is 11.6. The number of carbonyl (C=O) groups is 1. The van der Waals surface area contributed by atoms with Gasteiger partial charge >= 0.3 is 0 Å². The predicted molar refractivity (Wildman–Crippen MR) is 65.5 cm³/mol. The zero-order chi connectivity index (χ0) is 12.3. The van der Waals surface area contributed by atoms with Crippen LogP contribution in [0.5, 0.6) is 0 Å². The Morgan fingerprint density at radius 1 is 1.65 bits per heavy atom. The van der Waals surface area contributed by atoms with Crippen LogP contribution in [0, 0.1) is 0 Å². The summed E-state index contributed by atoms with van der Waals surface area (Å²) in [4.78, 5) is 11.6. The lowest BCUT2D eigenvalue weighted by Gasteiger charge is -2.13. The third-order valence-corrected chi connectivity index (χ3v) is 2.94. The lowest BCUT2D eigenvalue weighted by Crippen LogP contribution is -2.43. The molecule has 1 saturated carbocycles. The number of hydrogen-bond acceptors (Lipinski definition) is 3. The topological polar surface area (TPSA) is 59.0 Å². The van der Waals surface area contributed by atoms with Gasteiger partial charge in [-0.15, -0.1) is 0 Å². The highest BCUT2D eigenvalue weighted by Gasteiger charge is 2.25. The van der Waals surface area contributed by atoms with E-state index in [0.29, 0.717) is 6.04 Å². The molecule has 1 fully saturated rings. The van der Waals surface area contributed by atoms with Crippen molar-refractivity contribution in [3.05, 3.63) is 18.0 Å². The maximum atomic E-state index is 11.6. The molecule has 5 nitrogen and oxygen atoms in total. The number of aromatic nitrogens is 2. The summed E-state index contributed by atoms with van der Waals surface area (Å²) >= 11 is 0. The molecule has 2 rings (SSSR count). The van der Waals surface area contributed by atoms with Crippen LogP contribution in [0.2, 0.25) is 0 Å². The van der Waals surface area contributed by atoms with E-state index >= 15 is 0 Å². The summed E-state index contributed by atoms with van der Waals surface area (Å²) < 4.78 is 1.79. The molecule has 1 heterocycles. The van der Waals surface area contributed by atoms with Crippen molar-refractivity contribution in [3.8, 4) is 0 Å². The molecule has 0 aromatic carbocycles. The summed E-state index contributed by atoms with van der Waals surface area (Å²) in [5.74, 6) is 0.110. The molecule has 0 aliphatic heterocycles. The number of nitrogens with zero attached hydrogens (tertiary/aromatic N) is 2. The normalized spacial score (nSPS) is 16.8. The summed E-state index contributed by atoms with van der Waals surface area (Å²) in [5.41, 5.74) is 1.19. The number of rotatable bonds is 6. The molecule has 1 atom stereocenters. The molecule has 0 bridgehead atoms. The minimum absolute atomic E-state index is 0.110. The first-order valence-corrected chi connectivity index (χ1v) is 6.16. The van der Waals surface area contributed by atoms with Crippen LogP contribution in [-0.2, 0) is 18.3 Å². The lowest BCUT2D eigenvalue weighted by atomic mass is 10.2. The van der Waals surface area contributed by atoms with Crippen molar-refractivity contribution in [2.75, 3.05) is 6.54 Å². The van der Waals surface area contributed by atoms with E-state index in [-0.39, 0.29) is 11.9 Å². The van der Waals surface area contributed by atoms with Crippen LogP contribution in [0.1, 0.15) is 25.3 Å². The summed E-state index contributed by atoms with van der Waals surface area (Å²) in [6, 6.07) is 0.317. The summed E-state index contributed by atoms with van der Waals surface area (Å²) in [7, 11) is 1.91. The summed E-state index contributed by atoms with van der Waals surface area (Å²) in [5, 5.41) is 10.3. The summed E-state index contributed by atoms with van der Waals surface area (Å²) in [6.45, 7) is 2.70. The third kappa shape index (κ3) is 3.85. The molecule has 0 saturated heterocycles. The second kappa shape index (κ2) is 5.31.